The molecular formula is C21H29FN2O5S. The second-order valence-corrected chi connectivity index (χ2v) is 10.2. The Labute approximate surface area is 177 Å². The Kier molecular flexibility index (Phi) is 6.31. The monoisotopic (exact) mass is 440 g/mol. The van der Waals surface area contributed by atoms with Gasteiger partial charge in [0.2, 0.25) is 15.9 Å². The highest BCUT2D eigenvalue weighted by molar-refractivity contribution is 7.89. The molecule has 2 aliphatic heterocycles. The van der Waals surface area contributed by atoms with Gasteiger partial charge >= 0.3 is 0 Å². The van der Waals surface area contributed by atoms with Crippen molar-refractivity contribution in [2.45, 2.75) is 55.5 Å². The number of nitrogens with zero attached hydrogens (tertiary/aromatic N) is 2. The van der Waals surface area contributed by atoms with E-state index in [1.165, 1.54) is 23.5 Å². The third-order valence-electron chi connectivity index (χ3n) is 6.33. The number of hydrogen-bond donors (Lipinski definition) is 0. The molecule has 0 radical (unpaired) electrons. The lowest BCUT2D eigenvalue weighted by Crippen LogP contribution is -2.54. The van der Waals surface area contributed by atoms with Crippen molar-refractivity contribution in [2.75, 3.05) is 33.4 Å². The summed E-state index contributed by atoms with van der Waals surface area (Å²) in [6.45, 7) is 1.91. The summed E-state index contributed by atoms with van der Waals surface area (Å²) in [5.74, 6) is -0.141. The summed E-state index contributed by atoms with van der Waals surface area (Å²) in [4.78, 5) is 14.9. The lowest BCUT2D eigenvalue weighted by atomic mass is 9.98. The zero-order chi connectivity index (χ0) is 21.3. The van der Waals surface area contributed by atoms with E-state index in [1.54, 1.807) is 0 Å². The van der Waals surface area contributed by atoms with Crippen molar-refractivity contribution in [2.24, 2.45) is 5.92 Å². The average Bonchev–Trinajstić information content (AvgIpc) is 3.60. The molecule has 0 N–H and O–H groups in total. The van der Waals surface area contributed by atoms with Gasteiger partial charge in [0.25, 0.3) is 0 Å². The minimum Gasteiger partial charge on any atom is -0.495 e. The number of hydrogen-bond acceptors (Lipinski definition) is 5. The van der Waals surface area contributed by atoms with E-state index in [0.29, 0.717) is 39.1 Å². The topological polar surface area (TPSA) is 76.2 Å². The van der Waals surface area contributed by atoms with Gasteiger partial charge in [-0.15, -0.1) is 0 Å². The quantitative estimate of drug-likeness (QED) is 0.679. The van der Waals surface area contributed by atoms with E-state index >= 15 is 0 Å². The van der Waals surface area contributed by atoms with Crippen LogP contribution in [-0.4, -0.2) is 69.0 Å². The Morgan fingerprint density at radius 1 is 1.10 bits per heavy atom. The van der Waals surface area contributed by atoms with Crippen LogP contribution in [0.15, 0.2) is 23.1 Å². The van der Waals surface area contributed by atoms with Crippen molar-refractivity contribution >= 4 is 15.9 Å². The molecule has 1 aromatic carbocycles. The van der Waals surface area contributed by atoms with Gasteiger partial charge < -0.3 is 14.4 Å². The summed E-state index contributed by atoms with van der Waals surface area (Å²) in [5.41, 5.74) is 0. The summed E-state index contributed by atoms with van der Waals surface area (Å²) < 4.78 is 52.0. The Morgan fingerprint density at radius 3 is 2.33 bits per heavy atom. The number of ether oxygens (including phenoxy) is 2. The third kappa shape index (κ3) is 4.33. The van der Waals surface area contributed by atoms with E-state index in [9.17, 15) is 17.6 Å². The molecule has 0 aromatic heterocycles. The van der Waals surface area contributed by atoms with Crippen molar-refractivity contribution < 1.29 is 27.1 Å². The number of carbonyl (C=O) groups is 1. The van der Waals surface area contributed by atoms with Gasteiger partial charge in [0.15, 0.2) is 0 Å². The van der Waals surface area contributed by atoms with Gasteiger partial charge in [-0.25, -0.2) is 12.8 Å². The van der Waals surface area contributed by atoms with Gasteiger partial charge in [-0.2, -0.15) is 4.31 Å². The molecule has 1 amide bonds. The molecule has 2 heterocycles. The highest BCUT2D eigenvalue weighted by Gasteiger charge is 2.42. The van der Waals surface area contributed by atoms with E-state index in [2.05, 4.69) is 0 Å². The Morgan fingerprint density at radius 2 is 1.73 bits per heavy atom. The summed E-state index contributed by atoms with van der Waals surface area (Å²) in [6, 6.07) is 3.71. The first kappa shape index (κ1) is 21.5. The largest absolute Gasteiger partial charge is 0.495 e. The van der Waals surface area contributed by atoms with Crippen LogP contribution in [0.1, 0.15) is 38.5 Å². The van der Waals surface area contributed by atoms with Gasteiger partial charge in [0.05, 0.1) is 7.11 Å². The second-order valence-electron chi connectivity index (χ2n) is 8.29. The number of benzene rings is 1. The van der Waals surface area contributed by atoms with Crippen molar-refractivity contribution in [1.82, 2.24) is 9.21 Å². The fraction of sp³-hybridized carbons (Fsp3) is 0.667. The molecule has 0 unspecified atom stereocenters. The number of piperidine rings is 1. The molecule has 0 atom stereocenters. The SMILES string of the molecule is COc1ccc(F)cc1S(=O)(=O)N1CCC(N(C(=O)C2CC2)C2CCOCC2)CC1. The van der Waals surface area contributed by atoms with Crippen LogP contribution < -0.4 is 4.74 Å². The van der Waals surface area contributed by atoms with Gasteiger partial charge in [-0.05, 0) is 56.7 Å². The molecule has 4 rings (SSSR count). The van der Waals surface area contributed by atoms with Crippen LogP contribution in [0.25, 0.3) is 0 Å². The molecular weight excluding hydrogens is 411 g/mol. The molecule has 0 bridgehead atoms. The van der Waals surface area contributed by atoms with Crippen LogP contribution >= 0.6 is 0 Å². The first-order chi connectivity index (χ1) is 14.4. The Hall–Kier alpha value is -1.71. The molecule has 0 spiro atoms. The number of carbonyl (C=O) groups excluding carboxylic acids is 1. The molecule has 3 aliphatic rings. The van der Waals surface area contributed by atoms with E-state index in [1.807, 2.05) is 4.90 Å². The highest BCUT2D eigenvalue weighted by Crippen LogP contribution is 2.36. The van der Waals surface area contributed by atoms with E-state index in [-0.39, 0.29) is 34.6 Å². The fourth-order valence-corrected chi connectivity index (χ4v) is 6.15. The van der Waals surface area contributed by atoms with Gasteiger partial charge in [-0.3, -0.25) is 4.79 Å². The van der Waals surface area contributed by atoms with Crippen molar-refractivity contribution in [3.63, 3.8) is 0 Å². The summed E-state index contributed by atoms with van der Waals surface area (Å²) in [5, 5.41) is 0. The maximum absolute atomic E-state index is 13.7. The highest BCUT2D eigenvalue weighted by atomic mass is 32.2. The van der Waals surface area contributed by atoms with Crippen LogP contribution in [0.3, 0.4) is 0 Å². The zero-order valence-corrected chi connectivity index (χ0v) is 18.1. The summed E-state index contributed by atoms with van der Waals surface area (Å²) in [6.07, 6.45) is 4.71. The van der Waals surface area contributed by atoms with Gasteiger partial charge in [0, 0.05) is 44.3 Å². The molecule has 1 saturated carbocycles. The molecule has 3 fully saturated rings. The number of amides is 1. The Bertz CT molecular complexity index is 875. The summed E-state index contributed by atoms with van der Waals surface area (Å²) in [7, 11) is -2.51. The van der Waals surface area contributed by atoms with Gasteiger partial charge in [-0.1, -0.05) is 0 Å². The van der Waals surface area contributed by atoms with Gasteiger partial charge in [0.1, 0.15) is 16.5 Å². The maximum Gasteiger partial charge on any atom is 0.246 e. The predicted octanol–water partition coefficient (Wildman–Crippen LogP) is 2.41. The van der Waals surface area contributed by atoms with Crippen LogP contribution in [0.5, 0.6) is 5.75 Å². The van der Waals surface area contributed by atoms with Crippen LogP contribution in [0, 0.1) is 11.7 Å². The molecule has 7 nitrogen and oxygen atoms in total. The fourth-order valence-electron chi connectivity index (χ4n) is 4.51. The van der Waals surface area contributed by atoms with Crippen LogP contribution in [0.4, 0.5) is 4.39 Å². The zero-order valence-electron chi connectivity index (χ0n) is 17.3. The van der Waals surface area contributed by atoms with Crippen LogP contribution in [0.2, 0.25) is 0 Å². The Balaban J connectivity index is 1.49. The lowest BCUT2D eigenvalue weighted by molar-refractivity contribution is -0.141. The van der Waals surface area contributed by atoms with Crippen molar-refractivity contribution in [3.05, 3.63) is 24.0 Å². The van der Waals surface area contributed by atoms with E-state index < -0.39 is 15.8 Å². The summed E-state index contributed by atoms with van der Waals surface area (Å²) >= 11 is 0. The first-order valence-electron chi connectivity index (χ1n) is 10.7. The number of methoxy groups -OCH3 is 1. The third-order valence-corrected chi connectivity index (χ3v) is 8.25. The molecule has 166 valence electrons. The smallest absolute Gasteiger partial charge is 0.246 e. The number of sulfonamides is 1. The minimum absolute atomic E-state index is 0.0297. The lowest BCUT2D eigenvalue weighted by Gasteiger charge is -2.43. The maximum atomic E-state index is 13.7. The molecule has 2 saturated heterocycles. The normalized spacial score (nSPS) is 22.1. The van der Waals surface area contributed by atoms with Crippen molar-refractivity contribution in [3.8, 4) is 5.75 Å². The van der Waals surface area contributed by atoms with Crippen molar-refractivity contribution in [1.29, 1.82) is 0 Å². The first-order valence-corrected chi connectivity index (χ1v) is 12.1. The average molecular weight is 441 g/mol. The predicted molar refractivity (Wildman–Crippen MR) is 108 cm³/mol. The molecule has 9 heteroatoms. The molecule has 1 aliphatic carbocycles. The number of rotatable bonds is 6. The molecule has 1 aromatic rings. The van der Waals surface area contributed by atoms with E-state index in [4.69, 9.17) is 9.47 Å². The van der Waals surface area contributed by atoms with E-state index in [0.717, 1.165) is 31.7 Å². The number of halogens is 1. The molecule has 30 heavy (non-hydrogen) atoms. The second kappa shape index (κ2) is 8.80. The standard InChI is InChI=1S/C21H29FN2O5S/c1-28-19-5-4-16(22)14-20(19)30(26,27)23-10-6-17(7-11-23)24(21(25)15-2-3-15)18-8-12-29-13-9-18/h4-5,14-15,17-18H,2-3,6-13H2,1H3. The minimum atomic E-state index is -3.88. The van der Waals surface area contributed by atoms with Crippen LogP contribution in [-0.2, 0) is 19.6 Å².